The van der Waals surface area contributed by atoms with Crippen LogP contribution >= 0.6 is 0 Å². The van der Waals surface area contributed by atoms with Crippen LogP contribution in [0.3, 0.4) is 0 Å². The summed E-state index contributed by atoms with van der Waals surface area (Å²) < 4.78 is 16.1. The SMILES string of the molecule is CCCOc1ccc(OCC(=O)Nc2ccccc2OC)cc1. The van der Waals surface area contributed by atoms with Crippen LogP contribution < -0.4 is 19.5 Å². The Kier molecular flexibility index (Phi) is 6.29. The van der Waals surface area contributed by atoms with Crippen molar-refractivity contribution >= 4 is 11.6 Å². The van der Waals surface area contributed by atoms with Crippen molar-refractivity contribution in [3.63, 3.8) is 0 Å². The number of anilines is 1. The number of carbonyl (C=O) groups excluding carboxylic acids is 1. The molecule has 0 saturated heterocycles. The molecule has 2 rings (SSSR count). The minimum Gasteiger partial charge on any atom is -0.495 e. The van der Waals surface area contributed by atoms with Crippen molar-refractivity contribution < 1.29 is 19.0 Å². The Hall–Kier alpha value is -2.69. The molecule has 0 aliphatic rings. The molecule has 0 saturated carbocycles. The second-order valence-electron chi connectivity index (χ2n) is 4.86. The topological polar surface area (TPSA) is 56.8 Å². The van der Waals surface area contributed by atoms with Crippen LogP contribution in [0.5, 0.6) is 17.2 Å². The number of rotatable bonds is 8. The summed E-state index contributed by atoms with van der Waals surface area (Å²) in [6.07, 6.45) is 0.960. The van der Waals surface area contributed by atoms with E-state index in [4.69, 9.17) is 14.2 Å². The van der Waals surface area contributed by atoms with Crippen LogP contribution in [0.15, 0.2) is 48.5 Å². The molecule has 122 valence electrons. The van der Waals surface area contributed by atoms with Crippen molar-refractivity contribution in [1.29, 1.82) is 0 Å². The number of ether oxygens (including phenoxy) is 3. The van der Waals surface area contributed by atoms with Crippen LogP contribution in [-0.4, -0.2) is 26.2 Å². The molecule has 0 spiro atoms. The third-order valence-corrected chi connectivity index (χ3v) is 3.05. The van der Waals surface area contributed by atoms with Crippen molar-refractivity contribution in [2.24, 2.45) is 0 Å². The fourth-order valence-electron chi connectivity index (χ4n) is 1.94. The van der Waals surface area contributed by atoms with E-state index in [1.807, 2.05) is 24.3 Å². The Morgan fingerprint density at radius 3 is 2.30 bits per heavy atom. The average Bonchev–Trinajstić information content (AvgIpc) is 2.59. The van der Waals surface area contributed by atoms with E-state index in [2.05, 4.69) is 12.2 Å². The molecule has 2 aromatic rings. The largest absolute Gasteiger partial charge is 0.495 e. The van der Waals surface area contributed by atoms with E-state index < -0.39 is 0 Å². The molecule has 0 radical (unpaired) electrons. The first-order chi connectivity index (χ1) is 11.2. The summed E-state index contributed by atoms with van der Waals surface area (Å²) in [6.45, 7) is 2.66. The molecular formula is C18H21NO4. The second kappa shape index (κ2) is 8.68. The highest BCUT2D eigenvalue weighted by atomic mass is 16.5. The van der Waals surface area contributed by atoms with Gasteiger partial charge in [-0.25, -0.2) is 0 Å². The van der Waals surface area contributed by atoms with Crippen molar-refractivity contribution in [2.75, 3.05) is 25.6 Å². The lowest BCUT2D eigenvalue weighted by molar-refractivity contribution is -0.118. The maximum atomic E-state index is 11.9. The summed E-state index contributed by atoms with van der Waals surface area (Å²) in [5.74, 6) is 1.76. The molecule has 0 fully saturated rings. The predicted molar refractivity (Wildman–Crippen MR) is 89.3 cm³/mol. The van der Waals surface area contributed by atoms with Crippen LogP contribution in [0.25, 0.3) is 0 Å². The third kappa shape index (κ3) is 5.21. The highest BCUT2D eigenvalue weighted by Crippen LogP contribution is 2.23. The Bertz CT molecular complexity index is 625. The maximum absolute atomic E-state index is 11.9. The molecule has 1 amide bonds. The first-order valence-electron chi connectivity index (χ1n) is 7.51. The van der Waals surface area contributed by atoms with E-state index in [-0.39, 0.29) is 12.5 Å². The third-order valence-electron chi connectivity index (χ3n) is 3.05. The first kappa shape index (κ1) is 16.7. The Labute approximate surface area is 136 Å². The van der Waals surface area contributed by atoms with Gasteiger partial charge in [0.1, 0.15) is 17.2 Å². The minimum atomic E-state index is -0.249. The standard InChI is InChI=1S/C18H21NO4/c1-3-12-22-14-8-10-15(11-9-14)23-13-18(20)19-16-6-4-5-7-17(16)21-2/h4-11H,3,12-13H2,1-2H3,(H,19,20). The number of nitrogens with one attached hydrogen (secondary N) is 1. The average molecular weight is 315 g/mol. The van der Waals surface area contributed by atoms with Gasteiger partial charge in [-0.15, -0.1) is 0 Å². The lowest BCUT2D eigenvalue weighted by Gasteiger charge is -2.11. The quantitative estimate of drug-likeness (QED) is 0.810. The molecule has 5 heteroatoms. The monoisotopic (exact) mass is 315 g/mol. The molecule has 0 atom stereocenters. The van der Waals surface area contributed by atoms with Gasteiger partial charge < -0.3 is 19.5 Å². The van der Waals surface area contributed by atoms with Crippen molar-refractivity contribution in [2.45, 2.75) is 13.3 Å². The van der Waals surface area contributed by atoms with Crippen LogP contribution in [0.4, 0.5) is 5.69 Å². The summed E-state index contributed by atoms with van der Waals surface area (Å²) in [5, 5.41) is 2.76. The maximum Gasteiger partial charge on any atom is 0.262 e. The summed E-state index contributed by atoms with van der Waals surface area (Å²) in [5.41, 5.74) is 0.618. The number of amides is 1. The van der Waals surface area contributed by atoms with Gasteiger partial charge in [0.2, 0.25) is 0 Å². The van der Waals surface area contributed by atoms with Gasteiger partial charge in [0.05, 0.1) is 19.4 Å². The Morgan fingerprint density at radius 1 is 1.00 bits per heavy atom. The Balaban J connectivity index is 1.84. The van der Waals surface area contributed by atoms with E-state index in [9.17, 15) is 4.79 Å². The van der Waals surface area contributed by atoms with Gasteiger partial charge in [-0.3, -0.25) is 4.79 Å². The van der Waals surface area contributed by atoms with Crippen molar-refractivity contribution in [1.82, 2.24) is 0 Å². The highest BCUT2D eigenvalue weighted by Gasteiger charge is 2.07. The van der Waals surface area contributed by atoms with Crippen molar-refractivity contribution in [3.8, 4) is 17.2 Å². The minimum absolute atomic E-state index is 0.0762. The number of para-hydroxylation sites is 2. The highest BCUT2D eigenvalue weighted by molar-refractivity contribution is 5.93. The molecule has 2 aromatic carbocycles. The Morgan fingerprint density at radius 2 is 1.65 bits per heavy atom. The number of carbonyl (C=O) groups is 1. The van der Waals surface area contributed by atoms with Gasteiger partial charge in [-0.1, -0.05) is 19.1 Å². The molecule has 0 unspecified atom stereocenters. The molecule has 0 aromatic heterocycles. The fourth-order valence-corrected chi connectivity index (χ4v) is 1.94. The van der Waals surface area contributed by atoms with Gasteiger partial charge in [0, 0.05) is 0 Å². The summed E-state index contributed by atoms with van der Waals surface area (Å²) in [7, 11) is 1.56. The molecule has 0 heterocycles. The summed E-state index contributed by atoms with van der Waals surface area (Å²) in [6, 6.07) is 14.4. The first-order valence-corrected chi connectivity index (χ1v) is 7.51. The summed E-state index contributed by atoms with van der Waals surface area (Å²) >= 11 is 0. The number of methoxy groups -OCH3 is 1. The zero-order chi connectivity index (χ0) is 16.5. The van der Waals surface area contributed by atoms with Crippen LogP contribution in [0.1, 0.15) is 13.3 Å². The zero-order valence-electron chi connectivity index (χ0n) is 13.4. The summed E-state index contributed by atoms with van der Waals surface area (Å²) in [4.78, 5) is 11.9. The molecule has 0 aliphatic carbocycles. The number of hydrogen-bond acceptors (Lipinski definition) is 4. The van der Waals surface area contributed by atoms with Gasteiger partial charge in [0.15, 0.2) is 6.61 Å². The molecule has 23 heavy (non-hydrogen) atoms. The molecule has 0 bridgehead atoms. The van der Waals surface area contributed by atoms with Gasteiger partial charge in [-0.2, -0.15) is 0 Å². The van der Waals surface area contributed by atoms with E-state index in [0.29, 0.717) is 23.8 Å². The number of benzene rings is 2. The lowest BCUT2D eigenvalue weighted by Crippen LogP contribution is -2.20. The zero-order valence-corrected chi connectivity index (χ0v) is 13.4. The van der Waals surface area contributed by atoms with Gasteiger partial charge in [-0.05, 0) is 42.8 Å². The fraction of sp³-hybridized carbons (Fsp3) is 0.278. The normalized spacial score (nSPS) is 10.0. The van der Waals surface area contributed by atoms with Crippen molar-refractivity contribution in [3.05, 3.63) is 48.5 Å². The van der Waals surface area contributed by atoms with Gasteiger partial charge >= 0.3 is 0 Å². The van der Waals surface area contributed by atoms with Gasteiger partial charge in [0.25, 0.3) is 5.91 Å². The van der Waals surface area contributed by atoms with E-state index in [0.717, 1.165) is 12.2 Å². The predicted octanol–water partition coefficient (Wildman–Crippen LogP) is 3.50. The smallest absolute Gasteiger partial charge is 0.262 e. The lowest BCUT2D eigenvalue weighted by atomic mass is 10.3. The molecular weight excluding hydrogens is 294 g/mol. The van der Waals surface area contributed by atoms with Crippen LogP contribution in [0.2, 0.25) is 0 Å². The van der Waals surface area contributed by atoms with E-state index in [1.54, 1.807) is 31.4 Å². The van der Waals surface area contributed by atoms with Crippen LogP contribution in [0, 0.1) is 0 Å². The number of hydrogen-bond donors (Lipinski definition) is 1. The molecule has 0 aliphatic heterocycles. The molecule has 5 nitrogen and oxygen atoms in total. The van der Waals surface area contributed by atoms with Crippen LogP contribution in [-0.2, 0) is 4.79 Å². The second-order valence-corrected chi connectivity index (χ2v) is 4.86. The van der Waals surface area contributed by atoms with E-state index >= 15 is 0 Å². The van der Waals surface area contributed by atoms with E-state index in [1.165, 1.54) is 0 Å². The molecule has 1 N–H and O–H groups in total.